The van der Waals surface area contributed by atoms with Gasteiger partial charge in [0.15, 0.2) is 0 Å². The molecule has 1 aliphatic heterocycles. The Bertz CT molecular complexity index is 170. The van der Waals surface area contributed by atoms with E-state index in [0.717, 1.165) is 12.8 Å². The molecule has 1 saturated heterocycles. The van der Waals surface area contributed by atoms with Crippen molar-refractivity contribution < 1.29 is 9.59 Å². The number of amides is 2. The molecule has 0 aromatic carbocycles. The summed E-state index contributed by atoms with van der Waals surface area (Å²) in [6, 6.07) is -0.917. The minimum atomic E-state index is -0.516. The van der Waals surface area contributed by atoms with Crippen LogP contribution in [0.2, 0.25) is 0 Å². The van der Waals surface area contributed by atoms with E-state index in [2.05, 4.69) is 0 Å². The molecule has 1 rings (SSSR count). The molecule has 0 spiro atoms. The largest absolute Gasteiger partial charge is 0.351 e. The van der Waals surface area contributed by atoms with Gasteiger partial charge in [0.2, 0.25) is 6.29 Å². The molecule has 1 radical (unpaired) electrons. The first-order valence-electron chi connectivity index (χ1n) is 3.69. The van der Waals surface area contributed by atoms with Crippen LogP contribution >= 0.6 is 0 Å². The number of urea groups is 1. The second kappa shape index (κ2) is 3.37. The van der Waals surface area contributed by atoms with Gasteiger partial charge in [-0.15, -0.1) is 0 Å². The Labute approximate surface area is 65.3 Å². The molecule has 0 bridgehead atoms. The number of likely N-dealkylation sites (tertiary alicyclic amines) is 1. The fraction of sp³-hybridized carbons (Fsp3) is 0.714. The number of piperidine rings is 1. The van der Waals surface area contributed by atoms with Crippen LogP contribution in [0.4, 0.5) is 4.79 Å². The average molecular weight is 155 g/mol. The molecule has 1 aliphatic rings. The lowest BCUT2D eigenvalue weighted by molar-refractivity contribution is 0.180. The highest BCUT2D eigenvalue weighted by Crippen LogP contribution is 2.14. The van der Waals surface area contributed by atoms with Crippen LogP contribution in [-0.2, 0) is 4.79 Å². The molecule has 0 saturated carbocycles. The fourth-order valence-corrected chi connectivity index (χ4v) is 1.32. The summed E-state index contributed by atoms with van der Waals surface area (Å²) in [6.45, 7) is 0.592. The maximum absolute atomic E-state index is 10.7. The van der Waals surface area contributed by atoms with E-state index in [1.807, 2.05) is 6.29 Å². The molecule has 11 heavy (non-hydrogen) atoms. The van der Waals surface area contributed by atoms with Crippen LogP contribution < -0.4 is 5.73 Å². The van der Waals surface area contributed by atoms with Gasteiger partial charge in [0.1, 0.15) is 0 Å². The molecule has 1 atom stereocenters. The van der Waals surface area contributed by atoms with E-state index in [1.165, 1.54) is 4.90 Å². The topological polar surface area (TPSA) is 63.4 Å². The number of rotatable bonds is 1. The van der Waals surface area contributed by atoms with Crippen LogP contribution in [-0.4, -0.2) is 29.8 Å². The highest BCUT2D eigenvalue weighted by atomic mass is 16.2. The molecule has 2 N–H and O–H groups in total. The molecule has 1 unspecified atom stereocenters. The van der Waals surface area contributed by atoms with Gasteiger partial charge < -0.3 is 10.6 Å². The summed E-state index contributed by atoms with van der Waals surface area (Å²) in [6.07, 6.45) is 4.42. The zero-order valence-electron chi connectivity index (χ0n) is 6.25. The molecular weight excluding hydrogens is 144 g/mol. The maximum Gasteiger partial charge on any atom is 0.315 e. The summed E-state index contributed by atoms with van der Waals surface area (Å²) in [4.78, 5) is 22.4. The highest BCUT2D eigenvalue weighted by Gasteiger charge is 2.24. The fourth-order valence-electron chi connectivity index (χ4n) is 1.32. The van der Waals surface area contributed by atoms with E-state index in [9.17, 15) is 9.59 Å². The number of hydrogen-bond donors (Lipinski definition) is 1. The second-order valence-electron chi connectivity index (χ2n) is 2.66. The SMILES string of the molecule is NC(=O)N1CCCCC1[C]=O. The Morgan fingerprint density at radius 1 is 1.55 bits per heavy atom. The molecule has 4 nitrogen and oxygen atoms in total. The molecule has 1 fully saturated rings. The van der Waals surface area contributed by atoms with E-state index in [-0.39, 0.29) is 0 Å². The normalized spacial score (nSPS) is 24.7. The van der Waals surface area contributed by atoms with Gasteiger partial charge in [-0.1, -0.05) is 0 Å². The highest BCUT2D eigenvalue weighted by molar-refractivity contribution is 5.76. The molecule has 0 aliphatic carbocycles. The molecule has 0 aromatic heterocycles. The third kappa shape index (κ3) is 1.69. The summed E-state index contributed by atoms with van der Waals surface area (Å²) in [5.41, 5.74) is 5.04. The number of primary amides is 1. The first kappa shape index (κ1) is 8.04. The Hall–Kier alpha value is -1.06. The van der Waals surface area contributed by atoms with Crippen LogP contribution in [0.1, 0.15) is 19.3 Å². The molecule has 2 amide bonds. The van der Waals surface area contributed by atoms with Crippen LogP contribution in [0, 0.1) is 0 Å². The van der Waals surface area contributed by atoms with Crippen LogP contribution in [0.5, 0.6) is 0 Å². The standard InChI is InChI=1S/C7H11N2O2/c8-7(11)9-4-2-1-3-6(9)5-10/h6H,1-4H2,(H2,8,11). The van der Waals surface area contributed by atoms with Crippen LogP contribution in [0.25, 0.3) is 0 Å². The summed E-state index contributed by atoms with van der Waals surface area (Å²) >= 11 is 0. The van der Waals surface area contributed by atoms with Crippen LogP contribution in [0.15, 0.2) is 0 Å². The van der Waals surface area contributed by atoms with Gasteiger partial charge in [-0.25, -0.2) is 4.79 Å². The van der Waals surface area contributed by atoms with E-state index in [4.69, 9.17) is 5.73 Å². The van der Waals surface area contributed by atoms with Gasteiger partial charge in [0.05, 0.1) is 6.04 Å². The zero-order chi connectivity index (χ0) is 8.27. The van der Waals surface area contributed by atoms with Gasteiger partial charge >= 0.3 is 6.03 Å². The molecular formula is C7H11N2O2. The molecule has 4 heteroatoms. The van der Waals surface area contributed by atoms with Crippen molar-refractivity contribution in [2.45, 2.75) is 25.3 Å². The molecule has 0 aromatic rings. The zero-order valence-corrected chi connectivity index (χ0v) is 6.25. The van der Waals surface area contributed by atoms with Crippen molar-refractivity contribution in [2.24, 2.45) is 5.73 Å². The summed E-state index contributed by atoms with van der Waals surface area (Å²) in [5.74, 6) is 0. The van der Waals surface area contributed by atoms with Crippen molar-refractivity contribution in [2.75, 3.05) is 6.54 Å². The van der Waals surface area contributed by atoms with Gasteiger partial charge in [0.25, 0.3) is 0 Å². The lowest BCUT2D eigenvalue weighted by atomic mass is 10.0. The Morgan fingerprint density at radius 3 is 2.73 bits per heavy atom. The lowest BCUT2D eigenvalue weighted by Gasteiger charge is -2.29. The first-order valence-corrected chi connectivity index (χ1v) is 3.69. The first-order chi connectivity index (χ1) is 5.25. The van der Waals surface area contributed by atoms with Crippen molar-refractivity contribution in [1.82, 2.24) is 4.90 Å². The maximum atomic E-state index is 10.7. The van der Waals surface area contributed by atoms with Crippen molar-refractivity contribution in [1.29, 1.82) is 0 Å². The van der Waals surface area contributed by atoms with Crippen LogP contribution in [0.3, 0.4) is 0 Å². The minimum absolute atomic E-state index is 0.402. The van der Waals surface area contributed by atoms with Crippen molar-refractivity contribution >= 4 is 12.3 Å². The number of nitrogens with zero attached hydrogens (tertiary/aromatic N) is 1. The number of nitrogens with two attached hydrogens (primary N) is 1. The summed E-state index contributed by atoms with van der Waals surface area (Å²) in [5, 5.41) is 0. The Morgan fingerprint density at radius 2 is 2.27 bits per heavy atom. The third-order valence-electron chi connectivity index (χ3n) is 1.92. The number of hydrogen-bond acceptors (Lipinski definition) is 2. The van der Waals surface area contributed by atoms with E-state index in [0.29, 0.717) is 13.0 Å². The number of carbonyl (C=O) groups excluding carboxylic acids is 2. The van der Waals surface area contributed by atoms with E-state index >= 15 is 0 Å². The predicted molar refractivity (Wildman–Crippen MR) is 39.6 cm³/mol. The monoisotopic (exact) mass is 155 g/mol. The van der Waals surface area contributed by atoms with Crippen molar-refractivity contribution in [3.63, 3.8) is 0 Å². The average Bonchev–Trinajstić information content (AvgIpc) is 2.04. The molecule has 1 heterocycles. The Kier molecular flexibility index (Phi) is 2.46. The molecule has 61 valence electrons. The van der Waals surface area contributed by atoms with Crippen molar-refractivity contribution in [3.8, 4) is 0 Å². The van der Waals surface area contributed by atoms with Gasteiger partial charge in [-0.2, -0.15) is 0 Å². The number of carbonyl (C=O) groups is 1. The van der Waals surface area contributed by atoms with Gasteiger partial charge in [-0.05, 0) is 19.3 Å². The third-order valence-corrected chi connectivity index (χ3v) is 1.92. The summed E-state index contributed by atoms with van der Waals surface area (Å²) < 4.78 is 0. The Balaban J connectivity index is 2.58. The van der Waals surface area contributed by atoms with E-state index < -0.39 is 12.1 Å². The van der Waals surface area contributed by atoms with Gasteiger partial charge in [-0.3, -0.25) is 4.79 Å². The van der Waals surface area contributed by atoms with Gasteiger partial charge in [0, 0.05) is 6.54 Å². The van der Waals surface area contributed by atoms with E-state index in [1.54, 1.807) is 0 Å². The minimum Gasteiger partial charge on any atom is -0.351 e. The summed E-state index contributed by atoms with van der Waals surface area (Å²) in [7, 11) is 0. The quantitative estimate of drug-likeness (QED) is 0.580. The van der Waals surface area contributed by atoms with Crippen molar-refractivity contribution in [3.05, 3.63) is 0 Å². The second-order valence-corrected chi connectivity index (χ2v) is 2.66. The predicted octanol–water partition coefficient (Wildman–Crippen LogP) is 0.0293. The lowest BCUT2D eigenvalue weighted by Crippen LogP contribution is -2.47. The smallest absolute Gasteiger partial charge is 0.315 e.